The van der Waals surface area contributed by atoms with Gasteiger partial charge in [-0.3, -0.25) is 0 Å². The Bertz CT molecular complexity index is 410. The average Bonchev–Trinajstić information content (AvgIpc) is 2.73. The first-order valence-electron chi connectivity index (χ1n) is 5.21. The van der Waals surface area contributed by atoms with E-state index in [0.29, 0.717) is 12.0 Å². The standard InChI is InChI=1S/C11H15NO5/c1-3-16-11(14)9-7(4-5-12)8(6-17-9)10(13)15-2/h6H,3-5,12H2,1-2H3. The van der Waals surface area contributed by atoms with Gasteiger partial charge in [0.25, 0.3) is 0 Å². The summed E-state index contributed by atoms with van der Waals surface area (Å²) in [7, 11) is 1.26. The van der Waals surface area contributed by atoms with Crippen LogP contribution < -0.4 is 5.73 Å². The van der Waals surface area contributed by atoms with Gasteiger partial charge >= 0.3 is 11.9 Å². The van der Waals surface area contributed by atoms with Crippen LogP contribution in [0.1, 0.15) is 33.4 Å². The molecule has 0 radical (unpaired) electrons. The van der Waals surface area contributed by atoms with Crippen LogP contribution in [0.15, 0.2) is 10.7 Å². The van der Waals surface area contributed by atoms with Gasteiger partial charge in [-0.25, -0.2) is 9.59 Å². The van der Waals surface area contributed by atoms with Gasteiger partial charge in [-0.15, -0.1) is 0 Å². The monoisotopic (exact) mass is 241 g/mol. The van der Waals surface area contributed by atoms with Gasteiger partial charge in [0, 0.05) is 5.56 Å². The first-order chi connectivity index (χ1) is 8.15. The summed E-state index contributed by atoms with van der Waals surface area (Å²) in [5.41, 5.74) is 6.07. The van der Waals surface area contributed by atoms with E-state index in [2.05, 4.69) is 4.74 Å². The second kappa shape index (κ2) is 6.05. The summed E-state index contributed by atoms with van der Waals surface area (Å²) in [5, 5.41) is 0. The van der Waals surface area contributed by atoms with Crippen LogP contribution in [-0.4, -0.2) is 32.2 Å². The van der Waals surface area contributed by atoms with E-state index in [4.69, 9.17) is 14.9 Å². The van der Waals surface area contributed by atoms with E-state index >= 15 is 0 Å². The summed E-state index contributed by atoms with van der Waals surface area (Å²) in [6, 6.07) is 0. The maximum absolute atomic E-state index is 11.6. The molecule has 0 saturated carbocycles. The van der Waals surface area contributed by atoms with Crippen molar-refractivity contribution < 1.29 is 23.5 Å². The fourth-order valence-electron chi connectivity index (χ4n) is 1.42. The molecule has 17 heavy (non-hydrogen) atoms. The van der Waals surface area contributed by atoms with Crippen molar-refractivity contribution in [2.75, 3.05) is 20.3 Å². The summed E-state index contributed by atoms with van der Waals surface area (Å²) < 4.78 is 14.5. The van der Waals surface area contributed by atoms with E-state index < -0.39 is 11.9 Å². The second-order valence-electron chi connectivity index (χ2n) is 3.21. The van der Waals surface area contributed by atoms with Crippen LogP contribution in [0, 0.1) is 0 Å². The fraction of sp³-hybridized carbons (Fsp3) is 0.455. The van der Waals surface area contributed by atoms with Gasteiger partial charge < -0.3 is 19.6 Å². The number of rotatable bonds is 5. The van der Waals surface area contributed by atoms with Crippen LogP contribution in [0.25, 0.3) is 0 Å². The van der Waals surface area contributed by atoms with E-state index in [9.17, 15) is 9.59 Å². The van der Waals surface area contributed by atoms with Crippen molar-refractivity contribution in [3.8, 4) is 0 Å². The van der Waals surface area contributed by atoms with Crippen LogP contribution in [0.5, 0.6) is 0 Å². The zero-order valence-corrected chi connectivity index (χ0v) is 9.82. The minimum absolute atomic E-state index is 0.0118. The average molecular weight is 241 g/mol. The van der Waals surface area contributed by atoms with Gasteiger partial charge in [-0.1, -0.05) is 0 Å². The molecule has 0 aliphatic carbocycles. The van der Waals surface area contributed by atoms with Crippen molar-refractivity contribution in [2.45, 2.75) is 13.3 Å². The van der Waals surface area contributed by atoms with Crippen molar-refractivity contribution in [1.82, 2.24) is 0 Å². The third kappa shape index (κ3) is 2.85. The van der Waals surface area contributed by atoms with E-state index in [1.165, 1.54) is 13.4 Å². The highest BCUT2D eigenvalue weighted by Gasteiger charge is 2.24. The number of esters is 2. The molecule has 6 nitrogen and oxygen atoms in total. The zero-order chi connectivity index (χ0) is 12.8. The third-order valence-corrected chi connectivity index (χ3v) is 2.15. The number of hydrogen-bond donors (Lipinski definition) is 1. The minimum atomic E-state index is -0.605. The number of carbonyl (C=O) groups excluding carboxylic acids is 2. The predicted octanol–water partition coefficient (Wildman–Crippen LogP) is 0.744. The van der Waals surface area contributed by atoms with Gasteiger partial charge in [0.2, 0.25) is 5.76 Å². The van der Waals surface area contributed by atoms with Crippen molar-refractivity contribution in [3.05, 3.63) is 23.2 Å². The second-order valence-corrected chi connectivity index (χ2v) is 3.21. The molecular weight excluding hydrogens is 226 g/mol. The Morgan fingerprint density at radius 2 is 2.12 bits per heavy atom. The highest BCUT2D eigenvalue weighted by molar-refractivity contribution is 5.96. The molecule has 1 heterocycles. The maximum atomic E-state index is 11.6. The van der Waals surface area contributed by atoms with Gasteiger partial charge in [0.1, 0.15) is 11.8 Å². The van der Waals surface area contributed by atoms with E-state index in [1.807, 2.05) is 0 Å². The summed E-state index contributed by atoms with van der Waals surface area (Å²) in [6.45, 7) is 2.20. The van der Waals surface area contributed by atoms with Gasteiger partial charge in [-0.05, 0) is 19.9 Å². The lowest BCUT2D eigenvalue weighted by Gasteiger charge is -2.03. The topological polar surface area (TPSA) is 91.8 Å². The third-order valence-electron chi connectivity index (χ3n) is 2.15. The van der Waals surface area contributed by atoms with Crippen LogP contribution in [-0.2, 0) is 15.9 Å². The molecule has 0 amide bonds. The van der Waals surface area contributed by atoms with E-state index in [-0.39, 0.29) is 24.5 Å². The Morgan fingerprint density at radius 3 is 2.65 bits per heavy atom. The predicted molar refractivity (Wildman–Crippen MR) is 58.8 cm³/mol. The molecule has 0 atom stereocenters. The van der Waals surface area contributed by atoms with Crippen molar-refractivity contribution in [3.63, 3.8) is 0 Å². The lowest BCUT2D eigenvalue weighted by Crippen LogP contribution is -2.13. The Morgan fingerprint density at radius 1 is 1.41 bits per heavy atom. The normalized spacial score (nSPS) is 10.1. The molecule has 94 valence electrons. The Balaban J connectivity index is 3.10. The molecule has 1 aromatic rings. The molecule has 1 aromatic heterocycles. The molecule has 0 saturated heterocycles. The van der Waals surface area contributed by atoms with Crippen LogP contribution >= 0.6 is 0 Å². The van der Waals surface area contributed by atoms with Crippen LogP contribution in [0.4, 0.5) is 0 Å². The molecule has 0 fully saturated rings. The summed E-state index contributed by atoms with van der Waals surface area (Å²) >= 11 is 0. The Kier molecular flexibility index (Phi) is 4.71. The number of nitrogens with two attached hydrogens (primary N) is 1. The highest BCUT2D eigenvalue weighted by atomic mass is 16.5. The van der Waals surface area contributed by atoms with Crippen LogP contribution in [0.3, 0.4) is 0 Å². The molecule has 0 bridgehead atoms. The van der Waals surface area contributed by atoms with Crippen molar-refractivity contribution in [1.29, 1.82) is 0 Å². The first-order valence-corrected chi connectivity index (χ1v) is 5.21. The Hall–Kier alpha value is -1.82. The van der Waals surface area contributed by atoms with Gasteiger partial charge in [0.05, 0.1) is 13.7 Å². The van der Waals surface area contributed by atoms with Gasteiger partial charge in [-0.2, -0.15) is 0 Å². The number of furan rings is 1. The molecule has 0 aliphatic heterocycles. The zero-order valence-electron chi connectivity index (χ0n) is 9.82. The lowest BCUT2D eigenvalue weighted by molar-refractivity contribution is 0.0488. The molecule has 0 aliphatic rings. The fourth-order valence-corrected chi connectivity index (χ4v) is 1.42. The maximum Gasteiger partial charge on any atom is 0.374 e. The van der Waals surface area contributed by atoms with Crippen LogP contribution in [0.2, 0.25) is 0 Å². The SMILES string of the molecule is CCOC(=O)c1occ(C(=O)OC)c1CCN. The molecule has 2 N–H and O–H groups in total. The van der Waals surface area contributed by atoms with E-state index in [0.717, 1.165) is 0 Å². The largest absolute Gasteiger partial charge is 0.465 e. The quantitative estimate of drug-likeness (QED) is 0.764. The lowest BCUT2D eigenvalue weighted by atomic mass is 10.1. The molecular formula is C11H15NO5. The number of carbonyl (C=O) groups is 2. The minimum Gasteiger partial charge on any atom is -0.465 e. The summed E-state index contributed by atoms with van der Waals surface area (Å²) in [6.07, 6.45) is 1.53. The highest BCUT2D eigenvalue weighted by Crippen LogP contribution is 2.20. The number of hydrogen-bond acceptors (Lipinski definition) is 6. The Labute approximate surface area is 98.7 Å². The molecule has 1 rings (SSSR count). The van der Waals surface area contributed by atoms with Crippen molar-refractivity contribution >= 4 is 11.9 Å². The number of methoxy groups -OCH3 is 1. The van der Waals surface area contributed by atoms with Crippen molar-refractivity contribution in [2.24, 2.45) is 5.73 Å². The molecule has 6 heteroatoms. The van der Waals surface area contributed by atoms with E-state index in [1.54, 1.807) is 6.92 Å². The first kappa shape index (κ1) is 13.2. The smallest absolute Gasteiger partial charge is 0.374 e. The molecule has 0 unspecified atom stereocenters. The summed E-state index contributed by atoms with van der Waals surface area (Å²) in [5.74, 6) is -1.16. The number of ether oxygens (including phenoxy) is 2. The van der Waals surface area contributed by atoms with Gasteiger partial charge in [0.15, 0.2) is 0 Å². The molecule has 0 spiro atoms. The molecule has 0 aromatic carbocycles. The summed E-state index contributed by atoms with van der Waals surface area (Å²) in [4.78, 5) is 23.0.